The van der Waals surface area contributed by atoms with Crippen molar-refractivity contribution in [3.8, 4) is 0 Å². The Hall–Kier alpha value is -3.07. The van der Waals surface area contributed by atoms with Gasteiger partial charge >= 0.3 is 5.97 Å². The molecule has 3 atom stereocenters. The van der Waals surface area contributed by atoms with E-state index in [-0.39, 0.29) is 18.2 Å². The summed E-state index contributed by atoms with van der Waals surface area (Å²) in [5.74, 6) is -1.70. The number of aromatic amines is 1. The van der Waals surface area contributed by atoms with Crippen molar-refractivity contribution in [1.29, 1.82) is 0 Å². The fraction of sp³-hybridized carbons (Fsp3) is 0.500. The van der Waals surface area contributed by atoms with Crippen LogP contribution in [0.15, 0.2) is 24.3 Å². The highest BCUT2D eigenvalue weighted by Crippen LogP contribution is 2.34. The molecule has 2 aromatic rings. The third kappa shape index (κ3) is 5.70. The Kier molecular flexibility index (Phi) is 7.41. The van der Waals surface area contributed by atoms with Gasteiger partial charge in [-0.15, -0.1) is 0 Å². The number of carbonyl (C=O) groups excluding carboxylic acids is 4. The number of nitrogens with one attached hydrogen (secondary N) is 4. The van der Waals surface area contributed by atoms with Gasteiger partial charge in [0, 0.05) is 17.8 Å². The van der Waals surface area contributed by atoms with Gasteiger partial charge in [0.25, 0.3) is 5.91 Å². The maximum Gasteiger partial charge on any atom is 0.328 e. The van der Waals surface area contributed by atoms with Crippen molar-refractivity contribution in [2.24, 2.45) is 11.8 Å². The number of aromatic nitrogens is 1. The maximum atomic E-state index is 13.2. The van der Waals surface area contributed by atoms with E-state index in [0.717, 1.165) is 24.6 Å². The Balaban J connectivity index is 1.46. The molecule has 4 N–H and O–H groups in total. The van der Waals surface area contributed by atoms with Gasteiger partial charge in [0.15, 0.2) is 0 Å². The van der Waals surface area contributed by atoms with E-state index in [4.69, 9.17) is 16.3 Å². The number of halogens is 1. The third-order valence-corrected chi connectivity index (χ3v) is 6.77. The minimum atomic E-state index is -0.975. The summed E-state index contributed by atoms with van der Waals surface area (Å²) in [6, 6.07) is 5.24. The van der Waals surface area contributed by atoms with Crippen molar-refractivity contribution in [2.45, 2.75) is 50.6 Å². The predicted octanol–water partition coefficient (Wildman–Crippen LogP) is 2.29. The maximum absolute atomic E-state index is 13.2. The average molecular weight is 489 g/mol. The molecule has 2 heterocycles. The number of amides is 3. The first-order valence-electron chi connectivity index (χ1n) is 11.6. The van der Waals surface area contributed by atoms with E-state index in [1.807, 2.05) is 6.07 Å². The second kappa shape index (κ2) is 10.5. The fourth-order valence-corrected chi connectivity index (χ4v) is 4.60. The SMILES string of the molecule is COC(=O)C(C[C@@H]1CCCNC1=O)NC(=O)C(CC1CC1)NC(=O)c1cc2cccc(Cl)c2[nH]1. The van der Waals surface area contributed by atoms with E-state index < -0.39 is 29.9 Å². The second-order valence-electron chi connectivity index (χ2n) is 9.04. The predicted molar refractivity (Wildman–Crippen MR) is 126 cm³/mol. The second-order valence-corrected chi connectivity index (χ2v) is 9.45. The van der Waals surface area contributed by atoms with Crippen LogP contribution in [0.4, 0.5) is 0 Å². The summed E-state index contributed by atoms with van der Waals surface area (Å²) in [4.78, 5) is 53.7. The molecule has 1 saturated heterocycles. The molecule has 34 heavy (non-hydrogen) atoms. The molecule has 0 bridgehead atoms. The molecule has 2 aliphatic rings. The van der Waals surface area contributed by atoms with Gasteiger partial charge in [-0.2, -0.15) is 0 Å². The summed E-state index contributed by atoms with van der Waals surface area (Å²) >= 11 is 6.20. The van der Waals surface area contributed by atoms with E-state index in [0.29, 0.717) is 41.5 Å². The zero-order chi connectivity index (χ0) is 24.2. The molecule has 1 saturated carbocycles. The largest absolute Gasteiger partial charge is 0.467 e. The molecule has 9 nitrogen and oxygen atoms in total. The lowest BCUT2D eigenvalue weighted by Crippen LogP contribution is -2.53. The summed E-state index contributed by atoms with van der Waals surface area (Å²) in [6.07, 6.45) is 4.05. The first kappa shape index (κ1) is 24.1. The van der Waals surface area contributed by atoms with Crippen LogP contribution in [-0.4, -0.2) is 54.4 Å². The minimum absolute atomic E-state index is 0.130. The van der Waals surface area contributed by atoms with Crippen molar-refractivity contribution < 1.29 is 23.9 Å². The molecule has 4 rings (SSSR count). The van der Waals surface area contributed by atoms with Crippen LogP contribution in [-0.2, 0) is 19.1 Å². The Morgan fingerprint density at radius 1 is 1.15 bits per heavy atom. The number of benzene rings is 1. The Morgan fingerprint density at radius 3 is 2.62 bits per heavy atom. The van der Waals surface area contributed by atoms with Crippen LogP contribution < -0.4 is 16.0 Å². The zero-order valence-corrected chi connectivity index (χ0v) is 19.7. The standard InChI is InChI=1S/C24H29ClN4O5/c1-34-24(33)19(12-15-5-3-9-26-21(15)30)29-22(31)17(10-13-7-8-13)28-23(32)18-11-14-4-2-6-16(25)20(14)27-18/h2,4,6,11,13,15,17,19,27H,3,5,7-10,12H2,1H3,(H,26,30)(H,28,32)(H,29,31)/t15-,17?,19?/m0/s1. The van der Waals surface area contributed by atoms with E-state index in [2.05, 4.69) is 20.9 Å². The molecule has 1 aliphatic heterocycles. The summed E-state index contributed by atoms with van der Waals surface area (Å²) in [7, 11) is 1.24. The number of para-hydroxylation sites is 1. The number of rotatable bonds is 9. The number of esters is 1. The van der Waals surface area contributed by atoms with Gasteiger partial charge in [-0.1, -0.05) is 36.6 Å². The Bertz CT molecular complexity index is 1100. The average Bonchev–Trinajstić information content (AvgIpc) is 3.53. The van der Waals surface area contributed by atoms with Crippen molar-refractivity contribution in [3.05, 3.63) is 35.0 Å². The van der Waals surface area contributed by atoms with Gasteiger partial charge in [-0.25, -0.2) is 4.79 Å². The van der Waals surface area contributed by atoms with Crippen LogP contribution in [0.1, 0.15) is 49.0 Å². The third-order valence-electron chi connectivity index (χ3n) is 6.46. The lowest BCUT2D eigenvalue weighted by molar-refractivity contribution is -0.146. The van der Waals surface area contributed by atoms with Gasteiger partial charge in [0.2, 0.25) is 11.8 Å². The summed E-state index contributed by atoms with van der Waals surface area (Å²) in [6.45, 7) is 0.610. The molecule has 1 aliphatic carbocycles. The fourth-order valence-electron chi connectivity index (χ4n) is 4.37. The van der Waals surface area contributed by atoms with Crippen LogP contribution in [0.5, 0.6) is 0 Å². The van der Waals surface area contributed by atoms with Gasteiger partial charge < -0.3 is 25.7 Å². The van der Waals surface area contributed by atoms with Crippen molar-refractivity contribution >= 4 is 46.2 Å². The van der Waals surface area contributed by atoms with Crippen LogP contribution in [0.2, 0.25) is 5.02 Å². The van der Waals surface area contributed by atoms with Crippen molar-refractivity contribution in [2.75, 3.05) is 13.7 Å². The number of methoxy groups -OCH3 is 1. The highest BCUT2D eigenvalue weighted by molar-refractivity contribution is 6.35. The van der Waals surface area contributed by atoms with E-state index >= 15 is 0 Å². The lowest BCUT2D eigenvalue weighted by Gasteiger charge is -2.27. The molecule has 182 valence electrons. The number of hydrogen-bond donors (Lipinski definition) is 4. The molecule has 2 unspecified atom stereocenters. The van der Waals surface area contributed by atoms with Crippen LogP contribution in [0.25, 0.3) is 10.9 Å². The number of hydrogen-bond acceptors (Lipinski definition) is 5. The normalized spacial score (nSPS) is 19.7. The van der Waals surface area contributed by atoms with E-state index in [1.54, 1.807) is 18.2 Å². The Labute approximate surface area is 202 Å². The summed E-state index contributed by atoms with van der Waals surface area (Å²) in [5, 5.41) is 9.60. The Morgan fingerprint density at radius 2 is 1.94 bits per heavy atom. The van der Waals surface area contributed by atoms with Gasteiger partial charge in [0.05, 0.1) is 17.6 Å². The molecular formula is C24H29ClN4O5. The first-order valence-corrected chi connectivity index (χ1v) is 12.0. The van der Waals surface area contributed by atoms with Crippen molar-refractivity contribution in [1.82, 2.24) is 20.9 Å². The lowest BCUT2D eigenvalue weighted by atomic mass is 9.91. The number of fused-ring (bicyclic) bond motifs is 1. The first-order chi connectivity index (χ1) is 16.4. The topological polar surface area (TPSA) is 129 Å². The molecule has 3 amide bonds. The number of ether oxygens (including phenoxy) is 1. The molecule has 10 heteroatoms. The minimum Gasteiger partial charge on any atom is -0.467 e. The summed E-state index contributed by atoms with van der Waals surface area (Å²) in [5.41, 5.74) is 0.939. The summed E-state index contributed by atoms with van der Waals surface area (Å²) < 4.78 is 4.87. The molecule has 2 fully saturated rings. The van der Waals surface area contributed by atoms with Gasteiger partial charge in [-0.05, 0) is 43.7 Å². The quantitative estimate of drug-likeness (QED) is 0.402. The molecule has 1 aromatic carbocycles. The number of H-pyrrole nitrogens is 1. The van der Waals surface area contributed by atoms with Crippen molar-refractivity contribution in [3.63, 3.8) is 0 Å². The molecule has 0 radical (unpaired) electrons. The van der Waals surface area contributed by atoms with Crippen LogP contribution in [0.3, 0.4) is 0 Å². The molecular weight excluding hydrogens is 460 g/mol. The van der Waals surface area contributed by atoms with Crippen LogP contribution >= 0.6 is 11.6 Å². The highest BCUT2D eigenvalue weighted by atomic mass is 35.5. The smallest absolute Gasteiger partial charge is 0.328 e. The number of carbonyl (C=O) groups is 4. The highest BCUT2D eigenvalue weighted by Gasteiger charge is 2.35. The van der Waals surface area contributed by atoms with Gasteiger partial charge in [-0.3, -0.25) is 14.4 Å². The molecule has 0 spiro atoms. The zero-order valence-electron chi connectivity index (χ0n) is 19.0. The number of piperidine rings is 1. The molecule has 1 aromatic heterocycles. The van der Waals surface area contributed by atoms with Crippen LogP contribution in [0, 0.1) is 11.8 Å². The van der Waals surface area contributed by atoms with E-state index in [1.165, 1.54) is 7.11 Å². The monoisotopic (exact) mass is 488 g/mol. The van der Waals surface area contributed by atoms with Gasteiger partial charge in [0.1, 0.15) is 17.8 Å². The van der Waals surface area contributed by atoms with E-state index in [9.17, 15) is 19.2 Å².